The number of aromatic amines is 1. The molecular formula is C18H25N5O2. The van der Waals surface area contributed by atoms with E-state index in [2.05, 4.69) is 27.2 Å². The van der Waals surface area contributed by atoms with Crippen LogP contribution in [0.4, 0.5) is 0 Å². The van der Waals surface area contributed by atoms with E-state index in [9.17, 15) is 9.59 Å². The van der Waals surface area contributed by atoms with E-state index in [0.717, 1.165) is 22.2 Å². The first-order chi connectivity index (χ1) is 11.9. The first kappa shape index (κ1) is 17.4. The zero-order valence-electron chi connectivity index (χ0n) is 14.7. The average molecular weight is 343 g/mol. The molecule has 2 amide bonds. The molecule has 0 spiro atoms. The number of aromatic nitrogens is 1. The molecule has 0 saturated carbocycles. The smallest absolute Gasteiger partial charge is 0.255 e. The Kier molecular flexibility index (Phi) is 4.78. The van der Waals surface area contributed by atoms with Crippen LogP contribution in [0.2, 0.25) is 0 Å². The lowest BCUT2D eigenvalue weighted by Gasteiger charge is -2.28. The second-order valence-corrected chi connectivity index (χ2v) is 6.96. The van der Waals surface area contributed by atoms with E-state index in [1.807, 2.05) is 39.0 Å². The minimum Gasteiger partial charge on any atom is -0.357 e. The highest BCUT2D eigenvalue weighted by Crippen LogP contribution is 2.31. The number of nitrogens with two attached hydrogens (primary N) is 1. The molecule has 7 nitrogen and oxygen atoms in total. The van der Waals surface area contributed by atoms with Crippen LogP contribution in [0.25, 0.3) is 10.9 Å². The van der Waals surface area contributed by atoms with Crippen LogP contribution in [0, 0.1) is 5.92 Å². The van der Waals surface area contributed by atoms with Crippen molar-refractivity contribution in [1.82, 2.24) is 21.2 Å². The number of carbonyl (C=O) groups excluding carboxylic acids is 2. The lowest BCUT2D eigenvalue weighted by molar-refractivity contribution is -0.131. The largest absolute Gasteiger partial charge is 0.357 e. The Morgan fingerprint density at radius 2 is 1.96 bits per heavy atom. The van der Waals surface area contributed by atoms with E-state index in [0.29, 0.717) is 6.42 Å². The van der Waals surface area contributed by atoms with Crippen molar-refractivity contribution in [3.63, 3.8) is 0 Å². The first-order valence-corrected chi connectivity index (χ1v) is 8.59. The Hall–Kier alpha value is -2.38. The summed E-state index contributed by atoms with van der Waals surface area (Å²) in [6.45, 7) is 5.73. The zero-order valence-corrected chi connectivity index (χ0v) is 14.7. The molecule has 7 heteroatoms. The van der Waals surface area contributed by atoms with Crippen molar-refractivity contribution in [2.24, 2.45) is 11.7 Å². The van der Waals surface area contributed by atoms with Crippen molar-refractivity contribution in [2.45, 2.75) is 45.3 Å². The molecule has 1 aliphatic rings. The van der Waals surface area contributed by atoms with Crippen LogP contribution in [-0.4, -0.2) is 28.9 Å². The van der Waals surface area contributed by atoms with Gasteiger partial charge in [-0.3, -0.25) is 25.8 Å². The van der Waals surface area contributed by atoms with E-state index in [4.69, 9.17) is 5.73 Å². The third-order valence-corrected chi connectivity index (χ3v) is 4.79. The van der Waals surface area contributed by atoms with Gasteiger partial charge in [-0.1, -0.05) is 32.0 Å². The number of hydrogen-bond donors (Lipinski definition) is 5. The number of para-hydroxylation sites is 1. The summed E-state index contributed by atoms with van der Waals surface area (Å²) in [6, 6.07) is 7.01. The second-order valence-electron chi connectivity index (χ2n) is 6.96. The van der Waals surface area contributed by atoms with E-state index >= 15 is 0 Å². The average Bonchev–Trinajstić information content (AvgIpc) is 2.98. The maximum atomic E-state index is 12.5. The molecule has 0 radical (unpaired) electrons. The predicted octanol–water partition coefficient (Wildman–Crippen LogP) is 0.874. The van der Waals surface area contributed by atoms with Crippen LogP contribution in [0.3, 0.4) is 0 Å². The summed E-state index contributed by atoms with van der Waals surface area (Å²) in [5.41, 5.74) is 14.0. The number of carbonyl (C=O) groups is 2. The van der Waals surface area contributed by atoms with Gasteiger partial charge in [0.1, 0.15) is 0 Å². The Balaban J connectivity index is 1.70. The van der Waals surface area contributed by atoms with Crippen LogP contribution in [0.1, 0.15) is 38.1 Å². The summed E-state index contributed by atoms with van der Waals surface area (Å²) in [6.07, 6.45) is 0.557. The molecule has 0 aliphatic carbocycles. The Bertz CT molecular complexity index is 798. The minimum absolute atomic E-state index is 0.00138. The van der Waals surface area contributed by atoms with Gasteiger partial charge in [0.2, 0.25) is 0 Å². The SMILES string of the molecule is CC(C)[C@H](N)C(=O)NNC(=O)[C@@H]1Cc2c([nH]c3ccccc23)[C@H](C)N1. The number of hydrazine groups is 1. The molecule has 1 aromatic carbocycles. The molecule has 0 bridgehead atoms. The highest BCUT2D eigenvalue weighted by molar-refractivity contribution is 5.90. The van der Waals surface area contributed by atoms with E-state index in [1.165, 1.54) is 0 Å². The molecule has 0 fully saturated rings. The fourth-order valence-corrected chi connectivity index (χ4v) is 3.22. The summed E-state index contributed by atoms with van der Waals surface area (Å²) >= 11 is 0. The topological polar surface area (TPSA) is 112 Å². The lowest BCUT2D eigenvalue weighted by Crippen LogP contribution is -2.56. The van der Waals surface area contributed by atoms with E-state index in [1.54, 1.807) is 0 Å². The van der Waals surface area contributed by atoms with Crippen molar-refractivity contribution in [3.8, 4) is 0 Å². The monoisotopic (exact) mass is 343 g/mol. The molecule has 3 rings (SSSR count). The molecule has 6 N–H and O–H groups in total. The van der Waals surface area contributed by atoms with Crippen LogP contribution in [0.15, 0.2) is 24.3 Å². The standard InChI is InChI=1S/C18H25N5O2/c1-9(2)15(19)18(25)23-22-17(24)14-8-12-11-6-4-5-7-13(11)21-16(12)10(3)20-14/h4-7,9-10,14-15,20-21H,8,19H2,1-3H3,(H,22,24)(H,23,25)/t10-,14-,15-/m0/s1. The minimum atomic E-state index is -0.654. The number of rotatable bonds is 3. The van der Waals surface area contributed by atoms with Gasteiger partial charge in [0.25, 0.3) is 11.8 Å². The molecular weight excluding hydrogens is 318 g/mol. The van der Waals surface area contributed by atoms with Gasteiger partial charge in [0.05, 0.1) is 12.1 Å². The summed E-state index contributed by atoms with van der Waals surface area (Å²) < 4.78 is 0. The predicted molar refractivity (Wildman–Crippen MR) is 96.4 cm³/mol. The van der Waals surface area contributed by atoms with Crippen molar-refractivity contribution < 1.29 is 9.59 Å². The summed E-state index contributed by atoms with van der Waals surface area (Å²) in [5, 5.41) is 4.42. The highest BCUT2D eigenvalue weighted by atomic mass is 16.2. The molecule has 0 unspecified atom stereocenters. The van der Waals surface area contributed by atoms with Crippen LogP contribution in [0.5, 0.6) is 0 Å². The van der Waals surface area contributed by atoms with Crippen LogP contribution in [-0.2, 0) is 16.0 Å². The second kappa shape index (κ2) is 6.85. The van der Waals surface area contributed by atoms with Crippen LogP contribution < -0.4 is 21.9 Å². The fraction of sp³-hybridized carbons (Fsp3) is 0.444. The normalized spacial score (nSPS) is 21.0. The quantitative estimate of drug-likeness (QED) is 0.532. The summed E-state index contributed by atoms with van der Waals surface area (Å²) in [4.78, 5) is 27.8. The van der Waals surface area contributed by atoms with Gasteiger partial charge in [0.15, 0.2) is 0 Å². The number of nitrogens with one attached hydrogen (secondary N) is 4. The summed E-state index contributed by atoms with van der Waals surface area (Å²) in [7, 11) is 0. The zero-order chi connectivity index (χ0) is 18.1. The molecule has 1 aliphatic heterocycles. The van der Waals surface area contributed by atoms with Gasteiger partial charge in [0, 0.05) is 22.6 Å². The van der Waals surface area contributed by atoms with Crippen LogP contribution >= 0.6 is 0 Å². The number of hydrogen-bond acceptors (Lipinski definition) is 4. The number of H-pyrrole nitrogens is 1. The van der Waals surface area contributed by atoms with E-state index < -0.39 is 12.1 Å². The van der Waals surface area contributed by atoms with Gasteiger partial charge >= 0.3 is 0 Å². The van der Waals surface area contributed by atoms with Gasteiger partial charge < -0.3 is 10.7 Å². The van der Waals surface area contributed by atoms with Gasteiger partial charge in [-0.2, -0.15) is 0 Å². The molecule has 2 heterocycles. The highest BCUT2D eigenvalue weighted by Gasteiger charge is 2.31. The van der Waals surface area contributed by atoms with Crippen molar-refractivity contribution in [2.75, 3.05) is 0 Å². The van der Waals surface area contributed by atoms with Crippen molar-refractivity contribution >= 4 is 22.7 Å². The van der Waals surface area contributed by atoms with Gasteiger partial charge in [-0.25, -0.2) is 0 Å². The number of fused-ring (bicyclic) bond motifs is 3. The molecule has 134 valence electrons. The van der Waals surface area contributed by atoms with Gasteiger partial charge in [-0.05, 0) is 30.9 Å². The molecule has 1 aromatic heterocycles. The fourth-order valence-electron chi connectivity index (χ4n) is 3.22. The number of benzene rings is 1. The number of amides is 2. The third-order valence-electron chi connectivity index (χ3n) is 4.79. The van der Waals surface area contributed by atoms with E-state index in [-0.39, 0.29) is 23.8 Å². The molecule has 0 saturated heterocycles. The molecule has 3 atom stereocenters. The van der Waals surface area contributed by atoms with Crippen molar-refractivity contribution in [3.05, 3.63) is 35.5 Å². The Morgan fingerprint density at radius 1 is 1.24 bits per heavy atom. The Labute approximate surface area is 146 Å². The summed E-state index contributed by atoms with van der Waals surface area (Å²) in [5.74, 6) is -0.661. The van der Waals surface area contributed by atoms with Gasteiger partial charge in [-0.15, -0.1) is 0 Å². The van der Waals surface area contributed by atoms with Crippen molar-refractivity contribution in [1.29, 1.82) is 0 Å². The Morgan fingerprint density at radius 3 is 2.68 bits per heavy atom. The first-order valence-electron chi connectivity index (χ1n) is 8.59. The molecule has 2 aromatic rings. The maximum Gasteiger partial charge on any atom is 0.255 e. The lowest BCUT2D eigenvalue weighted by atomic mass is 9.94. The third kappa shape index (κ3) is 3.38. The maximum absolute atomic E-state index is 12.5. The molecule has 25 heavy (non-hydrogen) atoms.